The summed E-state index contributed by atoms with van der Waals surface area (Å²) in [5, 5.41) is 3.48. The van der Waals surface area contributed by atoms with Gasteiger partial charge in [0, 0.05) is 0 Å². The zero-order chi connectivity index (χ0) is 13.4. The first-order valence-corrected chi connectivity index (χ1v) is 6.71. The summed E-state index contributed by atoms with van der Waals surface area (Å²) in [5.41, 5.74) is 8.08. The molecular formula is C15H26N2O. The Balaban J connectivity index is 2.29. The number of nitrogens with two attached hydrogens (primary N) is 1. The van der Waals surface area contributed by atoms with Gasteiger partial charge in [-0.05, 0) is 62.5 Å². The molecule has 102 valence electrons. The van der Waals surface area contributed by atoms with E-state index in [0.717, 1.165) is 38.2 Å². The van der Waals surface area contributed by atoms with Crippen LogP contribution in [0, 0.1) is 12.8 Å². The largest absolute Gasteiger partial charge is 0.496 e. The van der Waals surface area contributed by atoms with Gasteiger partial charge in [-0.25, -0.2) is 0 Å². The molecule has 18 heavy (non-hydrogen) atoms. The molecule has 0 bridgehead atoms. The summed E-state index contributed by atoms with van der Waals surface area (Å²) in [6.45, 7) is 7.16. The lowest BCUT2D eigenvalue weighted by atomic mass is 10.1. The molecule has 0 radical (unpaired) electrons. The Morgan fingerprint density at radius 2 is 2.17 bits per heavy atom. The van der Waals surface area contributed by atoms with Crippen LogP contribution in [-0.2, 0) is 6.42 Å². The van der Waals surface area contributed by atoms with Gasteiger partial charge in [0.25, 0.3) is 0 Å². The van der Waals surface area contributed by atoms with Crippen LogP contribution in [0.15, 0.2) is 18.2 Å². The van der Waals surface area contributed by atoms with E-state index < -0.39 is 0 Å². The minimum Gasteiger partial charge on any atom is -0.496 e. The molecule has 1 aromatic carbocycles. The van der Waals surface area contributed by atoms with Crippen LogP contribution >= 0.6 is 0 Å². The Morgan fingerprint density at radius 1 is 1.39 bits per heavy atom. The fourth-order valence-electron chi connectivity index (χ4n) is 2.06. The fourth-order valence-corrected chi connectivity index (χ4v) is 2.06. The van der Waals surface area contributed by atoms with E-state index in [2.05, 4.69) is 31.3 Å². The van der Waals surface area contributed by atoms with E-state index >= 15 is 0 Å². The number of methoxy groups -OCH3 is 1. The third-order valence-corrected chi connectivity index (χ3v) is 3.20. The molecule has 1 aromatic rings. The van der Waals surface area contributed by atoms with Crippen molar-refractivity contribution in [3.63, 3.8) is 0 Å². The number of rotatable bonds is 8. The fraction of sp³-hybridized carbons (Fsp3) is 0.600. The van der Waals surface area contributed by atoms with Crippen LogP contribution in [-0.4, -0.2) is 26.7 Å². The van der Waals surface area contributed by atoms with Crippen molar-refractivity contribution in [1.29, 1.82) is 0 Å². The van der Waals surface area contributed by atoms with Gasteiger partial charge in [0.05, 0.1) is 7.11 Å². The van der Waals surface area contributed by atoms with Crippen LogP contribution in [0.2, 0.25) is 0 Å². The molecule has 1 atom stereocenters. The molecule has 1 rings (SSSR count). The van der Waals surface area contributed by atoms with Crippen molar-refractivity contribution in [2.24, 2.45) is 11.7 Å². The number of benzene rings is 1. The summed E-state index contributed by atoms with van der Waals surface area (Å²) < 4.78 is 5.26. The van der Waals surface area contributed by atoms with E-state index in [4.69, 9.17) is 10.5 Å². The summed E-state index contributed by atoms with van der Waals surface area (Å²) in [6.07, 6.45) is 2.15. The first-order valence-electron chi connectivity index (χ1n) is 6.71. The van der Waals surface area contributed by atoms with Gasteiger partial charge < -0.3 is 15.8 Å². The molecule has 0 heterocycles. The molecule has 0 aliphatic rings. The molecule has 3 nitrogen and oxygen atoms in total. The summed E-state index contributed by atoms with van der Waals surface area (Å²) in [7, 11) is 1.71. The van der Waals surface area contributed by atoms with Crippen molar-refractivity contribution < 1.29 is 4.74 Å². The Morgan fingerprint density at radius 3 is 2.78 bits per heavy atom. The molecule has 0 amide bonds. The lowest BCUT2D eigenvalue weighted by molar-refractivity contribution is 0.411. The zero-order valence-corrected chi connectivity index (χ0v) is 11.8. The zero-order valence-electron chi connectivity index (χ0n) is 11.8. The van der Waals surface area contributed by atoms with Crippen molar-refractivity contribution in [1.82, 2.24) is 5.32 Å². The van der Waals surface area contributed by atoms with E-state index in [1.54, 1.807) is 7.11 Å². The highest BCUT2D eigenvalue weighted by Crippen LogP contribution is 2.18. The lowest BCUT2D eigenvalue weighted by Crippen LogP contribution is -2.24. The molecule has 3 N–H and O–H groups in total. The second kappa shape index (κ2) is 8.11. The summed E-state index contributed by atoms with van der Waals surface area (Å²) in [5.74, 6) is 1.62. The van der Waals surface area contributed by atoms with E-state index in [0.29, 0.717) is 5.92 Å². The lowest BCUT2D eigenvalue weighted by Gasteiger charge is -2.12. The van der Waals surface area contributed by atoms with Crippen molar-refractivity contribution in [2.75, 3.05) is 26.7 Å². The van der Waals surface area contributed by atoms with Gasteiger partial charge in [-0.15, -0.1) is 0 Å². The molecule has 1 unspecified atom stereocenters. The van der Waals surface area contributed by atoms with Gasteiger partial charge in [0.2, 0.25) is 0 Å². The number of ether oxygens (including phenoxy) is 1. The molecule has 0 aliphatic heterocycles. The topological polar surface area (TPSA) is 47.3 Å². The third-order valence-electron chi connectivity index (χ3n) is 3.20. The molecule has 0 aliphatic carbocycles. The minimum atomic E-state index is 0.660. The predicted octanol–water partition coefficient (Wildman–Crippen LogP) is 2.12. The average Bonchev–Trinajstić information content (AvgIpc) is 2.35. The minimum absolute atomic E-state index is 0.660. The quantitative estimate of drug-likeness (QED) is 0.695. The van der Waals surface area contributed by atoms with Crippen LogP contribution in [0.25, 0.3) is 0 Å². The number of hydrogen-bond donors (Lipinski definition) is 2. The van der Waals surface area contributed by atoms with Gasteiger partial charge in [-0.1, -0.05) is 19.1 Å². The maximum Gasteiger partial charge on any atom is 0.121 e. The van der Waals surface area contributed by atoms with E-state index in [-0.39, 0.29) is 0 Å². The third kappa shape index (κ3) is 5.07. The van der Waals surface area contributed by atoms with Gasteiger partial charge in [-0.2, -0.15) is 0 Å². The highest BCUT2D eigenvalue weighted by atomic mass is 16.5. The van der Waals surface area contributed by atoms with Crippen molar-refractivity contribution >= 4 is 0 Å². The van der Waals surface area contributed by atoms with E-state index in [9.17, 15) is 0 Å². The molecule has 0 spiro atoms. The van der Waals surface area contributed by atoms with Crippen LogP contribution in [0.1, 0.15) is 24.5 Å². The smallest absolute Gasteiger partial charge is 0.121 e. The highest BCUT2D eigenvalue weighted by Gasteiger charge is 2.02. The monoisotopic (exact) mass is 250 g/mol. The Labute approximate surface area is 111 Å². The summed E-state index contributed by atoms with van der Waals surface area (Å²) >= 11 is 0. The number of nitrogens with one attached hydrogen (secondary N) is 1. The molecular weight excluding hydrogens is 224 g/mol. The van der Waals surface area contributed by atoms with Crippen molar-refractivity contribution in [3.05, 3.63) is 29.3 Å². The van der Waals surface area contributed by atoms with E-state index in [1.807, 2.05) is 6.07 Å². The van der Waals surface area contributed by atoms with Gasteiger partial charge in [0.15, 0.2) is 0 Å². The normalized spacial score (nSPS) is 12.4. The van der Waals surface area contributed by atoms with Gasteiger partial charge in [-0.3, -0.25) is 0 Å². The van der Waals surface area contributed by atoms with Crippen molar-refractivity contribution in [2.45, 2.75) is 26.7 Å². The molecule has 0 aromatic heterocycles. The summed E-state index contributed by atoms with van der Waals surface area (Å²) in [6, 6.07) is 6.38. The Bertz CT molecular complexity index is 352. The Kier molecular flexibility index (Phi) is 6.76. The molecule has 3 heteroatoms. The first kappa shape index (κ1) is 15.0. The molecule has 0 saturated carbocycles. The first-order chi connectivity index (χ1) is 8.67. The summed E-state index contributed by atoms with van der Waals surface area (Å²) in [4.78, 5) is 0. The average molecular weight is 250 g/mol. The van der Waals surface area contributed by atoms with Crippen LogP contribution in [0.3, 0.4) is 0 Å². The van der Waals surface area contributed by atoms with Crippen LogP contribution in [0.4, 0.5) is 0 Å². The van der Waals surface area contributed by atoms with E-state index in [1.165, 1.54) is 11.1 Å². The second-order valence-corrected chi connectivity index (χ2v) is 4.94. The van der Waals surface area contributed by atoms with Crippen LogP contribution in [0.5, 0.6) is 5.75 Å². The second-order valence-electron chi connectivity index (χ2n) is 4.94. The number of hydrogen-bond acceptors (Lipinski definition) is 3. The number of aryl methyl sites for hydroxylation is 1. The predicted molar refractivity (Wildman–Crippen MR) is 77.1 cm³/mol. The standard InChI is InChI=1S/C15H26N2O/c1-12(6-8-16)11-17-9-7-14-4-5-15(18-3)13(2)10-14/h4-5,10,12,17H,6-9,11,16H2,1-3H3. The van der Waals surface area contributed by atoms with Gasteiger partial charge in [0.1, 0.15) is 5.75 Å². The SMILES string of the molecule is COc1ccc(CCNCC(C)CCN)cc1C. The maximum atomic E-state index is 5.53. The molecule has 0 saturated heterocycles. The maximum absolute atomic E-state index is 5.53. The van der Waals surface area contributed by atoms with Crippen molar-refractivity contribution in [3.8, 4) is 5.75 Å². The highest BCUT2D eigenvalue weighted by molar-refractivity contribution is 5.36. The van der Waals surface area contributed by atoms with Gasteiger partial charge >= 0.3 is 0 Å². The van der Waals surface area contributed by atoms with Crippen LogP contribution < -0.4 is 15.8 Å². The Hall–Kier alpha value is -1.06. The molecule has 0 fully saturated rings.